The van der Waals surface area contributed by atoms with Crippen molar-refractivity contribution in [2.45, 2.75) is 6.42 Å². The number of carboxylic acid groups (broad SMARTS) is 1. The highest BCUT2D eigenvalue weighted by molar-refractivity contribution is 6.35. The summed E-state index contributed by atoms with van der Waals surface area (Å²) < 4.78 is 9.90. The summed E-state index contributed by atoms with van der Waals surface area (Å²) in [7, 11) is 0. The molecule has 1 aromatic heterocycles. The Morgan fingerprint density at radius 2 is 2.10 bits per heavy atom. The number of aromatic nitrogens is 1. The zero-order chi connectivity index (χ0) is 14.5. The van der Waals surface area contributed by atoms with Crippen molar-refractivity contribution in [1.82, 2.24) is 4.98 Å². The Hall–Kier alpha value is -2.34. The molecule has 0 atom stereocenters. The molecule has 0 aliphatic heterocycles. The molecule has 0 amide bonds. The smallest absolute Gasteiger partial charge is 0.320 e. The SMILES string of the molecule is O=C(O)CC(=O)OCOc1ccc(Cl)c2cccnc12. The number of hydrogen-bond donors (Lipinski definition) is 1. The van der Waals surface area contributed by atoms with Crippen LogP contribution in [0.5, 0.6) is 5.75 Å². The Morgan fingerprint density at radius 1 is 1.30 bits per heavy atom. The molecule has 0 bridgehead atoms. The molecule has 1 heterocycles. The lowest BCUT2D eigenvalue weighted by molar-refractivity contribution is -0.155. The highest BCUT2D eigenvalue weighted by Gasteiger charge is 2.10. The number of ether oxygens (including phenoxy) is 2. The van der Waals surface area contributed by atoms with Crippen molar-refractivity contribution in [3.63, 3.8) is 0 Å². The van der Waals surface area contributed by atoms with Crippen LogP contribution >= 0.6 is 11.6 Å². The zero-order valence-electron chi connectivity index (χ0n) is 10.2. The van der Waals surface area contributed by atoms with Gasteiger partial charge in [0, 0.05) is 11.6 Å². The summed E-state index contributed by atoms with van der Waals surface area (Å²) in [5.74, 6) is -1.73. The minimum absolute atomic E-state index is 0.389. The first kappa shape index (κ1) is 14.1. The Balaban J connectivity index is 2.05. The van der Waals surface area contributed by atoms with Crippen LogP contribution in [0.4, 0.5) is 0 Å². The lowest BCUT2D eigenvalue weighted by Crippen LogP contribution is -2.14. The molecule has 7 heteroatoms. The molecule has 0 unspecified atom stereocenters. The van der Waals surface area contributed by atoms with Gasteiger partial charge < -0.3 is 14.6 Å². The predicted molar refractivity (Wildman–Crippen MR) is 70.6 cm³/mol. The van der Waals surface area contributed by atoms with Gasteiger partial charge in [0.25, 0.3) is 0 Å². The minimum atomic E-state index is -1.26. The van der Waals surface area contributed by atoms with E-state index in [1.165, 1.54) is 0 Å². The predicted octanol–water partition coefficient (Wildman–Crippen LogP) is 2.24. The standard InChI is InChI=1S/C13H10ClNO5/c14-9-3-4-10(13-8(9)2-1-5-15-13)19-7-20-12(18)6-11(16)17/h1-5H,6-7H2,(H,16,17). The normalized spacial score (nSPS) is 10.2. The van der Waals surface area contributed by atoms with Crippen LogP contribution in [0.1, 0.15) is 6.42 Å². The Labute approximate surface area is 118 Å². The summed E-state index contributed by atoms with van der Waals surface area (Å²) in [5.41, 5.74) is 0.536. The molecule has 0 saturated heterocycles. The highest BCUT2D eigenvalue weighted by atomic mass is 35.5. The van der Waals surface area contributed by atoms with Gasteiger partial charge in [0.05, 0.1) is 5.02 Å². The van der Waals surface area contributed by atoms with Crippen LogP contribution in [-0.2, 0) is 14.3 Å². The third kappa shape index (κ3) is 3.36. The molecule has 0 spiro atoms. The second-order valence-electron chi connectivity index (χ2n) is 3.79. The van der Waals surface area contributed by atoms with Gasteiger partial charge in [-0.25, -0.2) is 0 Å². The van der Waals surface area contributed by atoms with Crippen LogP contribution in [0.2, 0.25) is 5.02 Å². The van der Waals surface area contributed by atoms with E-state index in [4.69, 9.17) is 21.4 Å². The van der Waals surface area contributed by atoms with Gasteiger partial charge in [0.1, 0.15) is 17.7 Å². The summed E-state index contributed by atoms with van der Waals surface area (Å²) in [6.07, 6.45) is 0.880. The number of carboxylic acids is 1. The summed E-state index contributed by atoms with van der Waals surface area (Å²) in [4.78, 5) is 25.5. The number of carbonyl (C=O) groups is 2. The molecule has 0 aliphatic rings. The van der Waals surface area contributed by atoms with E-state index >= 15 is 0 Å². The number of aliphatic carboxylic acids is 1. The topological polar surface area (TPSA) is 85.7 Å². The monoisotopic (exact) mass is 295 g/mol. The number of carbonyl (C=O) groups excluding carboxylic acids is 1. The first-order valence-electron chi connectivity index (χ1n) is 5.61. The van der Waals surface area contributed by atoms with E-state index in [9.17, 15) is 9.59 Å². The molecule has 1 N–H and O–H groups in total. The average molecular weight is 296 g/mol. The fourth-order valence-electron chi connectivity index (χ4n) is 1.56. The van der Waals surface area contributed by atoms with Crippen molar-refractivity contribution in [2.75, 3.05) is 6.79 Å². The van der Waals surface area contributed by atoms with Gasteiger partial charge in [-0.1, -0.05) is 11.6 Å². The number of rotatable bonds is 5. The second kappa shape index (κ2) is 6.21. The molecule has 0 saturated carbocycles. The van der Waals surface area contributed by atoms with E-state index in [0.29, 0.717) is 21.7 Å². The quantitative estimate of drug-likeness (QED) is 0.517. The molecule has 2 rings (SSSR count). The van der Waals surface area contributed by atoms with Gasteiger partial charge in [-0.2, -0.15) is 0 Å². The van der Waals surface area contributed by atoms with Crippen molar-refractivity contribution < 1.29 is 24.2 Å². The maximum atomic E-state index is 11.0. The van der Waals surface area contributed by atoms with Crippen molar-refractivity contribution in [3.05, 3.63) is 35.5 Å². The maximum Gasteiger partial charge on any atom is 0.320 e. The van der Waals surface area contributed by atoms with E-state index in [0.717, 1.165) is 0 Å². The number of hydrogen-bond acceptors (Lipinski definition) is 5. The number of benzene rings is 1. The van der Waals surface area contributed by atoms with Crippen molar-refractivity contribution in [1.29, 1.82) is 0 Å². The van der Waals surface area contributed by atoms with Gasteiger partial charge in [-0.15, -0.1) is 0 Å². The molecule has 0 fully saturated rings. The molecule has 20 heavy (non-hydrogen) atoms. The third-order valence-corrected chi connectivity index (χ3v) is 2.74. The number of esters is 1. The molecule has 0 radical (unpaired) electrons. The second-order valence-corrected chi connectivity index (χ2v) is 4.20. The summed E-state index contributed by atoms with van der Waals surface area (Å²) in [5, 5.41) is 9.65. The van der Waals surface area contributed by atoms with E-state index in [1.807, 2.05) is 0 Å². The Kier molecular flexibility index (Phi) is 4.37. The van der Waals surface area contributed by atoms with Crippen LogP contribution in [0.25, 0.3) is 10.9 Å². The van der Waals surface area contributed by atoms with E-state index < -0.39 is 18.4 Å². The van der Waals surface area contributed by atoms with Crippen LogP contribution in [0.15, 0.2) is 30.5 Å². The first-order chi connectivity index (χ1) is 9.58. The van der Waals surface area contributed by atoms with Crippen molar-refractivity contribution in [3.8, 4) is 5.75 Å². The summed E-state index contributed by atoms with van der Waals surface area (Å²) in [6, 6.07) is 6.77. The van der Waals surface area contributed by atoms with Crippen LogP contribution in [-0.4, -0.2) is 28.8 Å². The molecular formula is C13H10ClNO5. The largest absolute Gasteiger partial charge is 0.481 e. The van der Waals surface area contributed by atoms with E-state index in [1.54, 1.807) is 30.5 Å². The third-order valence-electron chi connectivity index (χ3n) is 2.41. The first-order valence-corrected chi connectivity index (χ1v) is 5.99. The fraction of sp³-hybridized carbons (Fsp3) is 0.154. The zero-order valence-corrected chi connectivity index (χ0v) is 11.0. The average Bonchev–Trinajstić information content (AvgIpc) is 2.41. The highest BCUT2D eigenvalue weighted by Crippen LogP contribution is 2.29. The van der Waals surface area contributed by atoms with E-state index in [2.05, 4.69) is 9.72 Å². The minimum Gasteiger partial charge on any atom is -0.481 e. The Morgan fingerprint density at radius 3 is 2.85 bits per heavy atom. The van der Waals surface area contributed by atoms with Gasteiger partial charge in [0.15, 0.2) is 0 Å². The molecule has 6 nitrogen and oxygen atoms in total. The molecule has 2 aromatic rings. The number of fused-ring (bicyclic) bond motifs is 1. The van der Waals surface area contributed by atoms with E-state index in [-0.39, 0.29) is 6.79 Å². The van der Waals surface area contributed by atoms with Crippen LogP contribution < -0.4 is 4.74 Å². The number of nitrogens with zero attached hydrogens (tertiary/aromatic N) is 1. The number of pyridine rings is 1. The van der Waals surface area contributed by atoms with Crippen molar-refractivity contribution >= 4 is 34.4 Å². The summed E-state index contributed by atoms with van der Waals surface area (Å²) in [6.45, 7) is -0.389. The lowest BCUT2D eigenvalue weighted by atomic mass is 10.2. The van der Waals surface area contributed by atoms with Gasteiger partial charge in [-0.05, 0) is 24.3 Å². The lowest BCUT2D eigenvalue weighted by Gasteiger charge is -2.09. The molecule has 104 valence electrons. The fourth-order valence-corrected chi connectivity index (χ4v) is 1.78. The van der Waals surface area contributed by atoms with Crippen molar-refractivity contribution in [2.24, 2.45) is 0 Å². The Bertz CT molecular complexity index is 658. The maximum absolute atomic E-state index is 11.0. The molecule has 0 aliphatic carbocycles. The molecule has 1 aromatic carbocycles. The van der Waals surface area contributed by atoms with Crippen LogP contribution in [0.3, 0.4) is 0 Å². The van der Waals surface area contributed by atoms with Gasteiger partial charge in [0.2, 0.25) is 6.79 Å². The summed E-state index contributed by atoms with van der Waals surface area (Å²) >= 11 is 6.02. The number of halogens is 1. The molecular weight excluding hydrogens is 286 g/mol. The van der Waals surface area contributed by atoms with Gasteiger partial charge in [-0.3, -0.25) is 14.6 Å². The van der Waals surface area contributed by atoms with Crippen LogP contribution in [0, 0.1) is 0 Å². The van der Waals surface area contributed by atoms with Gasteiger partial charge >= 0.3 is 11.9 Å².